The van der Waals surface area contributed by atoms with Crippen LogP contribution in [0.5, 0.6) is 0 Å². The van der Waals surface area contributed by atoms with E-state index in [9.17, 15) is 4.79 Å². The number of hydrogen-bond donors (Lipinski definition) is 0. The van der Waals surface area contributed by atoms with Crippen LogP contribution in [0.1, 0.15) is 16.2 Å². The minimum Gasteiger partial charge on any atom is -0.296 e. The van der Waals surface area contributed by atoms with E-state index in [0.717, 1.165) is 10.8 Å². The first-order chi connectivity index (χ1) is 6.22. The summed E-state index contributed by atoms with van der Waals surface area (Å²) in [6.07, 6.45) is 4.20. The molecule has 66 valence electrons. The summed E-state index contributed by atoms with van der Waals surface area (Å²) in [6, 6.07) is 0. The number of hydrogen-bond acceptors (Lipinski definition) is 3. The Labute approximate surface area is 82.7 Å². The maximum Gasteiger partial charge on any atom is 0.234 e. The summed E-state index contributed by atoms with van der Waals surface area (Å²) in [7, 11) is 0. The van der Waals surface area contributed by atoms with Crippen LogP contribution in [0, 0.1) is 6.92 Å². The second-order valence-electron chi connectivity index (χ2n) is 2.64. The third-order valence-electron chi connectivity index (χ3n) is 1.78. The Morgan fingerprint density at radius 3 is 3.08 bits per heavy atom. The lowest BCUT2D eigenvalue weighted by Gasteiger charge is -1.94. The number of aryl methyl sites for hydroxylation is 1. The number of aromatic nitrogens is 3. The van der Waals surface area contributed by atoms with Crippen molar-refractivity contribution < 1.29 is 4.79 Å². The molecule has 2 rings (SSSR count). The van der Waals surface area contributed by atoms with E-state index in [4.69, 9.17) is 0 Å². The van der Waals surface area contributed by atoms with Crippen LogP contribution in [0.25, 0.3) is 5.78 Å². The van der Waals surface area contributed by atoms with Crippen molar-refractivity contribution in [2.24, 2.45) is 0 Å². The molecule has 0 amide bonds. The van der Waals surface area contributed by atoms with Crippen molar-refractivity contribution in [3.8, 4) is 0 Å². The number of carbonyl (C=O) groups excluding carboxylic acids is 1. The summed E-state index contributed by atoms with van der Waals surface area (Å²) in [5.74, 6) is 0.544. The van der Waals surface area contributed by atoms with Gasteiger partial charge in [-0.15, -0.1) is 0 Å². The average molecular weight is 240 g/mol. The highest BCUT2D eigenvalue weighted by atomic mass is 79.9. The number of rotatable bonds is 1. The molecule has 0 saturated heterocycles. The molecule has 0 aliphatic heterocycles. The van der Waals surface area contributed by atoms with Gasteiger partial charge >= 0.3 is 0 Å². The van der Waals surface area contributed by atoms with Crippen LogP contribution >= 0.6 is 15.9 Å². The highest BCUT2D eigenvalue weighted by Gasteiger charge is 2.07. The van der Waals surface area contributed by atoms with E-state index in [1.165, 1.54) is 0 Å². The Kier molecular flexibility index (Phi) is 1.88. The van der Waals surface area contributed by atoms with Gasteiger partial charge in [0.25, 0.3) is 0 Å². The van der Waals surface area contributed by atoms with E-state index in [0.29, 0.717) is 17.2 Å². The minimum absolute atomic E-state index is 0.544. The molecule has 0 aliphatic carbocycles. The molecule has 0 unspecified atom stereocenters. The summed E-state index contributed by atoms with van der Waals surface area (Å²) < 4.78 is 2.48. The molecule has 5 heteroatoms. The molecule has 0 bridgehead atoms. The number of imidazole rings is 1. The van der Waals surface area contributed by atoms with Crippen molar-refractivity contribution in [2.75, 3.05) is 0 Å². The molecule has 0 spiro atoms. The Bertz CT molecular complexity index is 477. The van der Waals surface area contributed by atoms with Crippen molar-refractivity contribution in [2.45, 2.75) is 6.92 Å². The van der Waals surface area contributed by atoms with E-state index in [1.807, 2.05) is 0 Å². The molecular formula is C8H6BrN3O. The standard InChI is InChI=1S/C8H6BrN3O/c1-5-7(4-13)12-3-6(9)2-10-8(12)11-5/h2-4H,1H3. The van der Waals surface area contributed by atoms with E-state index < -0.39 is 0 Å². The zero-order valence-corrected chi connectivity index (χ0v) is 8.45. The quantitative estimate of drug-likeness (QED) is 0.711. The van der Waals surface area contributed by atoms with E-state index in [1.54, 1.807) is 23.7 Å². The second-order valence-corrected chi connectivity index (χ2v) is 3.56. The van der Waals surface area contributed by atoms with Gasteiger partial charge in [0, 0.05) is 12.4 Å². The largest absolute Gasteiger partial charge is 0.296 e. The van der Waals surface area contributed by atoms with E-state index in [2.05, 4.69) is 25.9 Å². The zero-order valence-electron chi connectivity index (χ0n) is 6.86. The first-order valence-electron chi connectivity index (χ1n) is 3.68. The van der Waals surface area contributed by atoms with Crippen molar-refractivity contribution in [1.82, 2.24) is 14.4 Å². The Balaban J connectivity index is 2.88. The minimum atomic E-state index is 0.544. The molecule has 0 N–H and O–H groups in total. The average Bonchev–Trinajstić information content (AvgIpc) is 2.40. The Morgan fingerprint density at radius 2 is 2.38 bits per heavy atom. The number of carbonyl (C=O) groups is 1. The van der Waals surface area contributed by atoms with Gasteiger partial charge in [-0.05, 0) is 22.9 Å². The van der Waals surface area contributed by atoms with Crippen LogP contribution < -0.4 is 0 Å². The Morgan fingerprint density at radius 1 is 1.62 bits per heavy atom. The van der Waals surface area contributed by atoms with Crippen molar-refractivity contribution in [3.05, 3.63) is 28.3 Å². The smallest absolute Gasteiger partial charge is 0.234 e. The van der Waals surface area contributed by atoms with Crippen LogP contribution in [0.2, 0.25) is 0 Å². The lowest BCUT2D eigenvalue weighted by molar-refractivity contribution is 0.111. The fraction of sp³-hybridized carbons (Fsp3) is 0.125. The topological polar surface area (TPSA) is 47.3 Å². The van der Waals surface area contributed by atoms with Gasteiger partial charge in [-0.3, -0.25) is 9.20 Å². The zero-order chi connectivity index (χ0) is 9.42. The van der Waals surface area contributed by atoms with Crippen LogP contribution in [0.4, 0.5) is 0 Å². The number of aldehydes is 1. The van der Waals surface area contributed by atoms with Crippen molar-refractivity contribution in [1.29, 1.82) is 0 Å². The molecule has 0 aromatic carbocycles. The molecule has 2 aromatic heterocycles. The Hall–Kier alpha value is -1.23. The number of nitrogens with zero attached hydrogens (tertiary/aromatic N) is 3. The molecule has 0 saturated carbocycles. The van der Waals surface area contributed by atoms with E-state index >= 15 is 0 Å². The number of fused-ring (bicyclic) bond motifs is 1. The van der Waals surface area contributed by atoms with Gasteiger partial charge in [0.2, 0.25) is 5.78 Å². The van der Waals surface area contributed by atoms with Crippen LogP contribution in [0.3, 0.4) is 0 Å². The number of halogens is 1. The molecule has 2 heterocycles. The molecule has 0 fully saturated rings. The fourth-order valence-corrected chi connectivity index (χ4v) is 1.49. The third kappa shape index (κ3) is 1.25. The normalized spacial score (nSPS) is 10.6. The molecule has 0 radical (unpaired) electrons. The maximum absolute atomic E-state index is 10.7. The first-order valence-corrected chi connectivity index (χ1v) is 4.47. The van der Waals surface area contributed by atoms with Crippen molar-refractivity contribution in [3.63, 3.8) is 0 Å². The maximum atomic E-state index is 10.7. The lowest BCUT2D eigenvalue weighted by atomic mass is 10.4. The van der Waals surface area contributed by atoms with Crippen LogP contribution in [-0.4, -0.2) is 20.7 Å². The van der Waals surface area contributed by atoms with Gasteiger partial charge < -0.3 is 0 Å². The summed E-state index contributed by atoms with van der Waals surface area (Å²) in [5.41, 5.74) is 1.24. The predicted octanol–water partition coefficient (Wildman–Crippen LogP) is 1.61. The molecule has 0 aliphatic rings. The van der Waals surface area contributed by atoms with Gasteiger partial charge in [-0.2, -0.15) is 0 Å². The van der Waals surface area contributed by atoms with Gasteiger partial charge in [-0.25, -0.2) is 9.97 Å². The lowest BCUT2D eigenvalue weighted by Crippen LogP contribution is -1.93. The summed E-state index contributed by atoms with van der Waals surface area (Å²) >= 11 is 3.28. The van der Waals surface area contributed by atoms with Gasteiger partial charge in [-0.1, -0.05) is 0 Å². The first kappa shape index (κ1) is 8.37. The molecule has 4 nitrogen and oxygen atoms in total. The molecule has 13 heavy (non-hydrogen) atoms. The monoisotopic (exact) mass is 239 g/mol. The van der Waals surface area contributed by atoms with Gasteiger partial charge in [0.05, 0.1) is 10.2 Å². The summed E-state index contributed by atoms with van der Waals surface area (Å²) in [4.78, 5) is 18.9. The molecule has 0 atom stereocenters. The van der Waals surface area contributed by atoms with Gasteiger partial charge in [0.15, 0.2) is 6.29 Å². The highest BCUT2D eigenvalue weighted by Crippen LogP contribution is 2.12. The third-order valence-corrected chi connectivity index (χ3v) is 2.19. The van der Waals surface area contributed by atoms with Gasteiger partial charge in [0.1, 0.15) is 5.69 Å². The summed E-state index contributed by atoms with van der Waals surface area (Å²) in [6.45, 7) is 1.78. The van der Waals surface area contributed by atoms with E-state index in [-0.39, 0.29) is 0 Å². The summed E-state index contributed by atoms with van der Waals surface area (Å²) in [5, 5.41) is 0. The molecule has 2 aromatic rings. The second kappa shape index (κ2) is 2.92. The van der Waals surface area contributed by atoms with Crippen LogP contribution in [0.15, 0.2) is 16.9 Å². The highest BCUT2D eigenvalue weighted by molar-refractivity contribution is 9.10. The SMILES string of the molecule is Cc1nc2ncc(Br)cn2c1C=O. The fourth-order valence-electron chi connectivity index (χ4n) is 1.18. The predicted molar refractivity (Wildman–Crippen MR) is 50.8 cm³/mol. The van der Waals surface area contributed by atoms with Crippen LogP contribution in [-0.2, 0) is 0 Å². The van der Waals surface area contributed by atoms with Crippen molar-refractivity contribution >= 4 is 28.0 Å². The molecular weight excluding hydrogens is 234 g/mol.